The predicted octanol–water partition coefficient (Wildman–Crippen LogP) is 6.56. The van der Waals surface area contributed by atoms with Crippen molar-refractivity contribution >= 4 is 17.6 Å². The first-order valence-corrected chi connectivity index (χ1v) is 12.0. The molecule has 164 valence electrons. The molecule has 4 aliphatic carbocycles. The monoisotopic (exact) mass is 420 g/mol. The first kappa shape index (κ1) is 20.8. The van der Waals surface area contributed by atoms with Gasteiger partial charge in [-0.2, -0.15) is 0 Å². The van der Waals surface area contributed by atoms with Crippen LogP contribution in [0.5, 0.6) is 0 Å². The van der Waals surface area contributed by atoms with Gasteiger partial charge in [0, 0.05) is 12.3 Å². The molecule has 3 saturated carbocycles. The SMILES string of the molecule is C[C@]12CC[C@H]3[C@@H](CCC4=CC(=O)CC[C@@]43C)[C@@H]1CC[C@@H]2C(=O)/C=C/c1ccc(F)cc1. The van der Waals surface area contributed by atoms with E-state index in [2.05, 4.69) is 13.8 Å². The first-order chi connectivity index (χ1) is 14.8. The molecule has 0 N–H and O–H groups in total. The van der Waals surface area contributed by atoms with Crippen LogP contribution in [0.25, 0.3) is 6.08 Å². The van der Waals surface area contributed by atoms with Crippen LogP contribution in [0.4, 0.5) is 4.39 Å². The summed E-state index contributed by atoms with van der Waals surface area (Å²) in [6.07, 6.45) is 13.9. The summed E-state index contributed by atoms with van der Waals surface area (Å²) in [5, 5.41) is 0. The van der Waals surface area contributed by atoms with Gasteiger partial charge in [-0.15, -0.1) is 0 Å². The van der Waals surface area contributed by atoms with Gasteiger partial charge in [0.25, 0.3) is 0 Å². The van der Waals surface area contributed by atoms with Crippen LogP contribution in [0.15, 0.2) is 42.0 Å². The Labute approximate surface area is 185 Å². The van der Waals surface area contributed by atoms with E-state index >= 15 is 0 Å². The summed E-state index contributed by atoms with van der Waals surface area (Å²) in [7, 11) is 0. The molecule has 0 spiro atoms. The number of carbonyl (C=O) groups excluding carboxylic acids is 2. The summed E-state index contributed by atoms with van der Waals surface area (Å²) < 4.78 is 13.1. The molecule has 2 nitrogen and oxygen atoms in total. The van der Waals surface area contributed by atoms with Gasteiger partial charge in [0.2, 0.25) is 0 Å². The standard InChI is InChI=1S/C28H33FO2/c1-27-15-13-21(30)17-19(27)6-9-22-23-10-11-25(28(23,2)16-14-24(22)27)26(31)12-5-18-3-7-20(29)8-4-18/h3-5,7-8,12,17,22-25H,6,9-11,13-16H2,1-2H3/b12-5+/t22-,23-,24-,25+,27-,28-/m0/s1. The molecule has 0 saturated heterocycles. The van der Waals surface area contributed by atoms with Crippen LogP contribution in [0.3, 0.4) is 0 Å². The summed E-state index contributed by atoms with van der Waals surface area (Å²) >= 11 is 0. The number of hydrogen-bond donors (Lipinski definition) is 0. The van der Waals surface area contributed by atoms with Crippen LogP contribution in [0.1, 0.15) is 70.8 Å². The normalized spacial score (nSPS) is 39.6. The van der Waals surface area contributed by atoms with Crippen LogP contribution in [-0.4, -0.2) is 11.6 Å². The zero-order chi connectivity index (χ0) is 21.8. The summed E-state index contributed by atoms with van der Waals surface area (Å²) in [6, 6.07) is 6.30. The summed E-state index contributed by atoms with van der Waals surface area (Å²) in [5.74, 6) is 2.32. The van der Waals surface area contributed by atoms with Gasteiger partial charge < -0.3 is 0 Å². The summed E-state index contributed by atoms with van der Waals surface area (Å²) in [5.41, 5.74) is 2.53. The Hall–Kier alpha value is -2.03. The van der Waals surface area contributed by atoms with Gasteiger partial charge in [0.15, 0.2) is 11.6 Å². The van der Waals surface area contributed by atoms with E-state index in [1.165, 1.54) is 30.5 Å². The van der Waals surface area contributed by atoms with Crippen molar-refractivity contribution in [2.45, 2.75) is 65.2 Å². The second-order valence-corrected chi connectivity index (χ2v) is 10.9. The molecule has 4 aliphatic rings. The molecular weight excluding hydrogens is 387 g/mol. The molecule has 0 aliphatic heterocycles. The minimum absolute atomic E-state index is 0.0768. The lowest BCUT2D eigenvalue weighted by atomic mass is 9.46. The second-order valence-electron chi connectivity index (χ2n) is 10.9. The Kier molecular flexibility index (Phi) is 5.07. The zero-order valence-electron chi connectivity index (χ0n) is 18.7. The Morgan fingerprint density at radius 3 is 2.55 bits per heavy atom. The molecule has 1 aromatic carbocycles. The Morgan fingerprint density at radius 2 is 1.77 bits per heavy atom. The van der Waals surface area contributed by atoms with Crippen molar-refractivity contribution in [1.29, 1.82) is 0 Å². The number of allylic oxidation sites excluding steroid dienone is 2. The Bertz CT molecular complexity index is 958. The third-order valence-corrected chi connectivity index (χ3v) is 9.62. The maximum absolute atomic E-state index is 13.2. The molecule has 0 aromatic heterocycles. The third-order valence-electron chi connectivity index (χ3n) is 9.62. The fourth-order valence-electron chi connectivity index (χ4n) is 7.90. The van der Waals surface area contributed by atoms with E-state index in [9.17, 15) is 14.0 Å². The largest absolute Gasteiger partial charge is 0.295 e. The maximum Gasteiger partial charge on any atom is 0.159 e. The quantitative estimate of drug-likeness (QED) is 0.519. The van der Waals surface area contributed by atoms with Crippen LogP contribution in [0.2, 0.25) is 0 Å². The van der Waals surface area contributed by atoms with Gasteiger partial charge in [-0.25, -0.2) is 4.39 Å². The highest BCUT2D eigenvalue weighted by Crippen LogP contribution is 2.66. The molecule has 3 heteroatoms. The number of rotatable bonds is 3. The second kappa shape index (κ2) is 7.53. The highest BCUT2D eigenvalue weighted by molar-refractivity contribution is 5.96. The van der Waals surface area contributed by atoms with Gasteiger partial charge in [0.05, 0.1) is 0 Å². The molecule has 0 unspecified atom stereocenters. The van der Waals surface area contributed by atoms with Crippen molar-refractivity contribution in [3.63, 3.8) is 0 Å². The van der Waals surface area contributed by atoms with Crippen molar-refractivity contribution in [2.24, 2.45) is 34.5 Å². The van der Waals surface area contributed by atoms with Crippen molar-refractivity contribution in [3.05, 3.63) is 53.4 Å². The molecule has 0 radical (unpaired) electrons. The van der Waals surface area contributed by atoms with E-state index in [4.69, 9.17) is 0 Å². The minimum atomic E-state index is -0.257. The van der Waals surface area contributed by atoms with E-state index in [1.54, 1.807) is 18.2 Å². The number of ketones is 2. The first-order valence-electron chi connectivity index (χ1n) is 12.0. The summed E-state index contributed by atoms with van der Waals surface area (Å²) in [6.45, 7) is 4.78. The highest BCUT2D eigenvalue weighted by Gasteiger charge is 2.59. The van der Waals surface area contributed by atoms with Gasteiger partial charge in [-0.3, -0.25) is 9.59 Å². The van der Waals surface area contributed by atoms with Crippen molar-refractivity contribution in [2.75, 3.05) is 0 Å². The number of carbonyl (C=O) groups is 2. The van der Waals surface area contributed by atoms with E-state index in [1.807, 2.05) is 12.2 Å². The third kappa shape index (κ3) is 3.36. The number of benzene rings is 1. The molecule has 0 amide bonds. The molecule has 0 heterocycles. The van der Waals surface area contributed by atoms with Crippen LogP contribution < -0.4 is 0 Å². The Balaban J connectivity index is 1.35. The zero-order valence-corrected chi connectivity index (χ0v) is 18.7. The van der Waals surface area contributed by atoms with Crippen LogP contribution in [0, 0.1) is 40.3 Å². The highest BCUT2D eigenvalue weighted by atomic mass is 19.1. The number of fused-ring (bicyclic) bond motifs is 5. The molecule has 1 aromatic rings. The fraction of sp³-hybridized carbons (Fsp3) is 0.571. The van der Waals surface area contributed by atoms with E-state index in [-0.39, 0.29) is 28.3 Å². The van der Waals surface area contributed by atoms with E-state index in [0.717, 1.165) is 37.7 Å². The number of halogens is 1. The van der Waals surface area contributed by atoms with Crippen LogP contribution in [-0.2, 0) is 9.59 Å². The average Bonchev–Trinajstić information content (AvgIpc) is 3.11. The molecule has 0 bridgehead atoms. The smallest absolute Gasteiger partial charge is 0.159 e. The van der Waals surface area contributed by atoms with Crippen molar-refractivity contribution in [1.82, 2.24) is 0 Å². The molecule has 5 rings (SSSR count). The average molecular weight is 421 g/mol. The maximum atomic E-state index is 13.2. The Morgan fingerprint density at radius 1 is 1.00 bits per heavy atom. The lowest BCUT2D eigenvalue weighted by Gasteiger charge is -2.58. The van der Waals surface area contributed by atoms with Gasteiger partial charge in [-0.05, 0) is 103 Å². The van der Waals surface area contributed by atoms with Crippen LogP contribution >= 0.6 is 0 Å². The molecular formula is C28H33FO2. The fourth-order valence-corrected chi connectivity index (χ4v) is 7.90. The molecule has 3 fully saturated rings. The van der Waals surface area contributed by atoms with Gasteiger partial charge in [0.1, 0.15) is 5.82 Å². The topological polar surface area (TPSA) is 34.1 Å². The minimum Gasteiger partial charge on any atom is -0.295 e. The van der Waals surface area contributed by atoms with Gasteiger partial charge >= 0.3 is 0 Å². The van der Waals surface area contributed by atoms with E-state index < -0.39 is 0 Å². The lowest BCUT2D eigenvalue weighted by molar-refractivity contribution is -0.126. The molecule has 31 heavy (non-hydrogen) atoms. The van der Waals surface area contributed by atoms with Crippen molar-refractivity contribution in [3.8, 4) is 0 Å². The summed E-state index contributed by atoms with van der Waals surface area (Å²) in [4.78, 5) is 25.2. The van der Waals surface area contributed by atoms with Gasteiger partial charge in [-0.1, -0.05) is 37.6 Å². The van der Waals surface area contributed by atoms with Crippen molar-refractivity contribution < 1.29 is 14.0 Å². The lowest BCUT2D eigenvalue weighted by Crippen LogP contribution is -2.51. The molecule has 6 atom stereocenters. The van der Waals surface area contributed by atoms with E-state index in [0.29, 0.717) is 30.0 Å². The number of hydrogen-bond acceptors (Lipinski definition) is 2. The predicted molar refractivity (Wildman–Crippen MR) is 121 cm³/mol.